The van der Waals surface area contributed by atoms with Gasteiger partial charge in [-0.25, -0.2) is 0 Å². The molecule has 1 unspecified atom stereocenters. The van der Waals surface area contributed by atoms with Gasteiger partial charge in [-0.3, -0.25) is 9.69 Å². The lowest BCUT2D eigenvalue weighted by Crippen LogP contribution is -2.49. The topological polar surface area (TPSA) is 76.4 Å². The maximum absolute atomic E-state index is 12.2. The van der Waals surface area contributed by atoms with Crippen molar-refractivity contribution in [3.63, 3.8) is 0 Å². The molecule has 1 atom stereocenters. The highest BCUT2D eigenvalue weighted by molar-refractivity contribution is 5.79. The van der Waals surface area contributed by atoms with Crippen LogP contribution in [0.4, 0.5) is 0 Å². The molecule has 5 nitrogen and oxygen atoms in total. The quantitative estimate of drug-likeness (QED) is 0.765. The molecule has 0 aromatic heterocycles. The van der Waals surface area contributed by atoms with Gasteiger partial charge < -0.3 is 10.4 Å². The zero-order valence-electron chi connectivity index (χ0n) is 12.1. The highest BCUT2D eigenvalue weighted by Crippen LogP contribution is 2.29. The Balaban J connectivity index is 1.83. The zero-order valence-corrected chi connectivity index (χ0v) is 12.1. The van der Waals surface area contributed by atoms with Crippen LogP contribution in [0.3, 0.4) is 0 Å². The van der Waals surface area contributed by atoms with E-state index < -0.39 is 5.54 Å². The van der Waals surface area contributed by atoms with Gasteiger partial charge in [0.2, 0.25) is 5.91 Å². The lowest BCUT2D eigenvalue weighted by Gasteiger charge is -2.27. The number of aliphatic hydroxyl groups excluding tert-OH is 1. The van der Waals surface area contributed by atoms with Gasteiger partial charge in [0.25, 0.3) is 0 Å². The number of carbonyl (C=O) groups excluding carboxylic acids is 1. The number of nitrogens with one attached hydrogen (secondary N) is 1. The highest BCUT2D eigenvalue weighted by atomic mass is 16.3. The van der Waals surface area contributed by atoms with Gasteiger partial charge in [-0.2, -0.15) is 5.26 Å². The Morgan fingerprint density at radius 3 is 2.80 bits per heavy atom. The molecule has 1 heterocycles. The van der Waals surface area contributed by atoms with E-state index in [0.29, 0.717) is 12.6 Å². The first-order chi connectivity index (χ1) is 9.69. The zero-order chi connectivity index (χ0) is 14.4. The van der Waals surface area contributed by atoms with Crippen molar-refractivity contribution in [1.82, 2.24) is 10.2 Å². The number of hydrogen-bond donors (Lipinski definition) is 2. The first-order valence-corrected chi connectivity index (χ1v) is 7.76. The van der Waals surface area contributed by atoms with Gasteiger partial charge in [0.05, 0.1) is 12.6 Å². The van der Waals surface area contributed by atoms with Crippen LogP contribution in [0.5, 0.6) is 0 Å². The lowest BCUT2D eigenvalue weighted by molar-refractivity contribution is -0.123. The van der Waals surface area contributed by atoms with Crippen LogP contribution in [0, 0.1) is 11.3 Å². The van der Waals surface area contributed by atoms with Crippen LogP contribution in [-0.2, 0) is 4.79 Å². The number of nitriles is 1. The summed E-state index contributed by atoms with van der Waals surface area (Å²) in [6.45, 7) is 1.55. The van der Waals surface area contributed by atoms with Crippen LogP contribution in [0.15, 0.2) is 0 Å². The van der Waals surface area contributed by atoms with Gasteiger partial charge in [-0.15, -0.1) is 0 Å². The summed E-state index contributed by atoms with van der Waals surface area (Å²) in [5.74, 6) is -0.0238. The Hall–Kier alpha value is -1.12. The van der Waals surface area contributed by atoms with E-state index >= 15 is 0 Å². The van der Waals surface area contributed by atoms with Crippen molar-refractivity contribution in [1.29, 1.82) is 5.26 Å². The molecule has 0 spiro atoms. The number of hydrogen-bond acceptors (Lipinski definition) is 4. The Morgan fingerprint density at radius 1 is 1.40 bits per heavy atom. The third-order valence-corrected chi connectivity index (χ3v) is 4.59. The van der Waals surface area contributed by atoms with Crippen molar-refractivity contribution in [2.24, 2.45) is 0 Å². The number of likely N-dealkylation sites (tertiary alicyclic amines) is 1. The molecule has 0 aromatic rings. The number of amides is 1. The second kappa shape index (κ2) is 7.05. The molecule has 0 radical (unpaired) electrons. The first-order valence-electron chi connectivity index (χ1n) is 7.76. The van der Waals surface area contributed by atoms with Crippen LogP contribution < -0.4 is 5.32 Å². The smallest absolute Gasteiger partial charge is 0.235 e. The van der Waals surface area contributed by atoms with Crippen LogP contribution >= 0.6 is 0 Å². The molecular formula is C15H25N3O2. The van der Waals surface area contributed by atoms with Crippen molar-refractivity contribution in [2.45, 2.75) is 62.9 Å². The Morgan fingerprint density at radius 2 is 2.15 bits per heavy atom. The summed E-state index contributed by atoms with van der Waals surface area (Å²) >= 11 is 0. The van der Waals surface area contributed by atoms with Crippen LogP contribution in [0.25, 0.3) is 0 Å². The maximum atomic E-state index is 12.2. The summed E-state index contributed by atoms with van der Waals surface area (Å²) in [6.07, 6.45) is 7.58. The molecule has 1 saturated carbocycles. The second-order valence-corrected chi connectivity index (χ2v) is 6.08. The first kappa shape index (κ1) is 15.3. The van der Waals surface area contributed by atoms with E-state index in [1.807, 2.05) is 0 Å². The minimum atomic E-state index is -0.614. The summed E-state index contributed by atoms with van der Waals surface area (Å²) < 4.78 is 0. The molecular weight excluding hydrogens is 254 g/mol. The van der Waals surface area contributed by atoms with Gasteiger partial charge >= 0.3 is 0 Å². The van der Waals surface area contributed by atoms with E-state index in [9.17, 15) is 10.1 Å². The molecule has 1 aliphatic heterocycles. The van der Waals surface area contributed by atoms with E-state index in [1.54, 1.807) is 0 Å². The molecule has 1 aliphatic carbocycles. The van der Waals surface area contributed by atoms with Crippen molar-refractivity contribution in [3.8, 4) is 6.07 Å². The predicted octanol–water partition coefficient (Wildman–Crippen LogP) is 1.18. The van der Waals surface area contributed by atoms with Gasteiger partial charge in [0.1, 0.15) is 5.54 Å². The van der Waals surface area contributed by atoms with Crippen molar-refractivity contribution < 1.29 is 9.90 Å². The van der Waals surface area contributed by atoms with Crippen molar-refractivity contribution in [2.75, 3.05) is 19.7 Å². The van der Waals surface area contributed by atoms with Crippen LogP contribution in [0.2, 0.25) is 0 Å². The van der Waals surface area contributed by atoms with Gasteiger partial charge in [0, 0.05) is 12.6 Å². The SMILES string of the molecule is N#CC1(NC(=O)CN2CCCC2CCCO)CCCC1. The predicted molar refractivity (Wildman–Crippen MR) is 75.9 cm³/mol. The number of nitrogens with zero attached hydrogens (tertiary/aromatic N) is 2. The fraction of sp³-hybridized carbons (Fsp3) is 0.867. The molecule has 2 N–H and O–H groups in total. The average Bonchev–Trinajstić information content (AvgIpc) is 3.06. The molecule has 20 heavy (non-hydrogen) atoms. The third-order valence-electron chi connectivity index (χ3n) is 4.59. The maximum Gasteiger partial charge on any atom is 0.235 e. The van der Waals surface area contributed by atoms with Gasteiger partial charge in [0.15, 0.2) is 0 Å². The molecule has 0 bridgehead atoms. The second-order valence-electron chi connectivity index (χ2n) is 6.08. The Kier molecular flexibility index (Phi) is 5.38. The fourth-order valence-electron chi connectivity index (χ4n) is 3.49. The number of carbonyl (C=O) groups is 1. The molecule has 112 valence electrons. The Bertz CT molecular complexity index is 372. The minimum Gasteiger partial charge on any atom is -0.396 e. The fourth-order valence-corrected chi connectivity index (χ4v) is 3.49. The molecule has 2 aliphatic rings. The molecule has 2 rings (SSSR count). The van der Waals surface area contributed by atoms with Crippen molar-refractivity contribution in [3.05, 3.63) is 0 Å². The number of aliphatic hydroxyl groups is 1. The van der Waals surface area contributed by atoms with E-state index in [0.717, 1.165) is 57.9 Å². The standard InChI is InChI=1S/C15H25N3O2/c16-12-15(7-1-2-8-15)17-14(20)11-18-9-3-5-13(18)6-4-10-19/h13,19H,1-11H2,(H,17,20). The average molecular weight is 279 g/mol. The van der Waals surface area contributed by atoms with E-state index in [1.165, 1.54) is 0 Å². The summed E-state index contributed by atoms with van der Waals surface area (Å²) in [6, 6.07) is 2.71. The Labute approximate surface area is 120 Å². The lowest BCUT2D eigenvalue weighted by atomic mass is 10.00. The monoisotopic (exact) mass is 279 g/mol. The molecule has 1 amide bonds. The molecule has 5 heteroatoms. The van der Waals surface area contributed by atoms with Gasteiger partial charge in [-0.05, 0) is 57.9 Å². The molecule has 0 aromatic carbocycles. The van der Waals surface area contributed by atoms with E-state index in [-0.39, 0.29) is 12.5 Å². The van der Waals surface area contributed by atoms with E-state index in [4.69, 9.17) is 5.11 Å². The summed E-state index contributed by atoms with van der Waals surface area (Å²) in [7, 11) is 0. The minimum absolute atomic E-state index is 0.0238. The molecule has 2 fully saturated rings. The highest BCUT2D eigenvalue weighted by Gasteiger charge is 2.36. The van der Waals surface area contributed by atoms with E-state index in [2.05, 4.69) is 16.3 Å². The summed E-state index contributed by atoms with van der Waals surface area (Å²) in [5.41, 5.74) is -0.614. The van der Waals surface area contributed by atoms with Crippen LogP contribution in [0.1, 0.15) is 51.4 Å². The van der Waals surface area contributed by atoms with Crippen LogP contribution in [-0.4, -0.2) is 47.2 Å². The summed E-state index contributed by atoms with van der Waals surface area (Å²) in [4.78, 5) is 14.4. The number of rotatable bonds is 6. The van der Waals surface area contributed by atoms with Gasteiger partial charge in [-0.1, -0.05) is 0 Å². The third kappa shape index (κ3) is 3.71. The summed E-state index contributed by atoms with van der Waals surface area (Å²) in [5, 5.41) is 21.2. The van der Waals surface area contributed by atoms with Crippen molar-refractivity contribution >= 4 is 5.91 Å². The largest absolute Gasteiger partial charge is 0.396 e. The molecule has 1 saturated heterocycles. The normalized spacial score (nSPS) is 25.5.